The molecule has 1 heterocycles. The molecule has 0 spiro atoms. The first-order chi connectivity index (χ1) is 6.11. The molecule has 13 heavy (non-hydrogen) atoms. The highest BCUT2D eigenvalue weighted by molar-refractivity contribution is 9.10. The van der Waals surface area contributed by atoms with Crippen molar-refractivity contribution < 1.29 is 0 Å². The molecule has 0 saturated heterocycles. The van der Waals surface area contributed by atoms with Gasteiger partial charge >= 0.3 is 0 Å². The summed E-state index contributed by atoms with van der Waals surface area (Å²) in [5.74, 6) is 0. The van der Waals surface area contributed by atoms with Gasteiger partial charge in [0.15, 0.2) is 0 Å². The molecule has 1 nitrogen and oxygen atoms in total. The molecule has 68 valence electrons. The van der Waals surface area contributed by atoms with Crippen molar-refractivity contribution >= 4 is 26.8 Å². The van der Waals surface area contributed by atoms with Crippen LogP contribution in [-0.2, 0) is 0 Å². The number of hydrogen-bond acceptors (Lipinski definition) is 0. The number of hydrogen-bond donors (Lipinski definition) is 1. The zero-order valence-corrected chi connectivity index (χ0v) is 9.62. The predicted molar refractivity (Wildman–Crippen MR) is 60.2 cm³/mol. The number of aromatic amines is 1. The Bertz CT molecular complexity index is 468. The zero-order chi connectivity index (χ0) is 9.59. The fraction of sp³-hybridized carbons (Fsp3) is 0.273. The molecule has 2 rings (SSSR count). The molecular formula is C11H12BrN. The molecule has 0 amide bonds. The summed E-state index contributed by atoms with van der Waals surface area (Å²) in [6, 6.07) is 4.35. The summed E-state index contributed by atoms with van der Waals surface area (Å²) in [6.07, 6.45) is 0. The predicted octanol–water partition coefficient (Wildman–Crippen LogP) is 3.86. The summed E-state index contributed by atoms with van der Waals surface area (Å²) in [4.78, 5) is 3.35. The Labute approximate surface area is 86.3 Å². The lowest BCUT2D eigenvalue weighted by molar-refractivity contribution is 1.31. The number of aryl methyl sites for hydroxylation is 3. The van der Waals surface area contributed by atoms with Crippen LogP contribution >= 0.6 is 15.9 Å². The van der Waals surface area contributed by atoms with Crippen molar-refractivity contribution in [3.8, 4) is 0 Å². The van der Waals surface area contributed by atoms with Crippen LogP contribution in [0.5, 0.6) is 0 Å². The van der Waals surface area contributed by atoms with Gasteiger partial charge in [0, 0.05) is 10.9 Å². The van der Waals surface area contributed by atoms with E-state index >= 15 is 0 Å². The average Bonchev–Trinajstić information content (AvgIpc) is 2.38. The van der Waals surface area contributed by atoms with Gasteiger partial charge in [-0.2, -0.15) is 0 Å². The van der Waals surface area contributed by atoms with Crippen molar-refractivity contribution in [2.24, 2.45) is 0 Å². The van der Waals surface area contributed by atoms with Gasteiger partial charge in [-0.05, 0) is 53.4 Å². The van der Waals surface area contributed by atoms with Gasteiger partial charge in [0.2, 0.25) is 0 Å². The molecule has 0 fully saturated rings. The van der Waals surface area contributed by atoms with Crippen LogP contribution in [0.3, 0.4) is 0 Å². The standard InChI is InChI=1S/C11H12BrN/c1-6-4-5-9-8(3)11(12)13-10(9)7(6)2/h4-5,13H,1-3H3. The summed E-state index contributed by atoms with van der Waals surface area (Å²) in [7, 11) is 0. The molecule has 0 aliphatic heterocycles. The van der Waals surface area contributed by atoms with Gasteiger partial charge in [-0.1, -0.05) is 12.1 Å². The quantitative estimate of drug-likeness (QED) is 0.717. The number of nitrogens with one attached hydrogen (secondary N) is 1. The molecule has 1 N–H and O–H groups in total. The minimum Gasteiger partial charge on any atom is -0.349 e. The third-order valence-corrected chi connectivity index (χ3v) is 3.50. The number of halogens is 1. The smallest absolute Gasteiger partial charge is 0.0860 e. The Balaban J connectivity index is 2.94. The van der Waals surface area contributed by atoms with Crippen molar-refractivity contribution in [3.63, 3.8) is 0 Å². The maximum absolute atomic E-state index is 3.51. The molecule has 0 aliphatic rings. The van der Waals surface area contributed by atoms with Crippen LogP contribution in [-0.4, -0.2) is 4.98 Å². The Morgan fingerprint density at radius 3 is 2.46 bits per heavy atom. The second kappa shape index (κ2) is 2.88. The van der Waals surface area contributed by atoms with E-state index in [0.29, 0.717) is 0 Å². The fourth-order valence-corrected chi connectivity index (χ4v) is 2.02. The second-order valence-electron chi connectivity index (χ2n) is 3.49. The van der Waals surface area contributed by atoms with Crippen LogP contribution < -0.4 is 0 Å². The first kappa shape index (κ1) is 8.82. The van der Waals surface area contributed by atoms with Crippen molar-refractivity contribution in [2.45, 2.75) is 20.8 Å². The highest BCUT2D eigenvalue weighted by Gasteiger charge is 2.07. The molecule has 1 aromatic carbocycles. The average molecular weight is 238 g/mol. The van der Waals surface area contributed by atoms with Gasteiger partial charge in [0.1, 0.15) is 0 Å². The molecule has 0 aliphatic carbocycles. The van der Waals surface area contributed by atoms with E-state index in [-0.39, 0.29) is 0 Å². The number of H-pyrrole nitrogens is 1. The lowest BCUT2D eigenvalue weighted by Gasteiger charge is -2.00. The summed E-state index contributed by atoms with van der Waals surface area (Å²) in [6.45, 7) is 6.41. The Morgan fingerprint density at radius 2 is 1.77 bits per heavy atom. The van der Waals surface area contributed by atoms with Crippen molar-refractivity contribution in [2.75, 3.05) is 0 Å². The SMILES string of the molecule is Cc1ccc2c(C)c(Br)[nH]c2c1C. The minimum absolute atomic E-state index is 1.09. The highest BCUT2D eigenvalue weighted by Crippen LogP contribution is 2.28. The highest BCUT2D eigenvalue weighted by atomic mass is 79.9. The van der Waals surface area contributed by atoms with E-state index in [4.69, 9.17) is 0 Å². The first-order valence-electron chi connectivity index (χ1n) is 4.35. The van der Waals surface area contributed by atoms with Crippen LogP contribution in [0.2, 0.25) is 0 Å². The molecule has 2 heteroatoms. The largest absolute Gasteiger partial charge is 0.349 e. The van der Waals surface area contributed by atoms with Gasteiger partial charge in [-0.3, -0.25) is 0 Å². The molecule has 0 radical (unpaired) electrons. The topological polar surface area (TPSA) is 15.8 Å². The maximum atomic E-state index is 3.51. The van der Waals surface area contributed by atoms with Crippen LogP contribution in [0.4, 0.5) is 0 Å². The molecule has 2 aromatic rings. The maximum Gasteiger partial charge on any atom is 0.0860 e. The molecule has 1 aromatic heterocycles. The normalized spacial score (nSPS) is 11.1. The Morgan fingerprint density at radius 1 is 1.08 bits per heavy atom. The number of fused-ring (bicyclic) bond motifs is 1. The molecule has 0 atom stereocenters. The molecule has 0 bridgehead atoms. The zero-order valence-electron chi connectivity index (χ0n) is 8.03. The van der Waals surface area contributed by atoms with E-state index in [1.54, 1.807) is 0 Å². The summed E-state index contributed by atoms with van der Waals surface area (Å²) >= 11 is 3.51. The molecule has 0 unspecified atom stereocenters. The molecule has 0 saturated carbocycles. The lowest BCUT2D eigenvalue weighted by Crippen LogP contribution is -1.81. The van der Waals surface area contributed by atoms with E-state index in [0.717, 1.165) is 4.60 Å². The second-order valence-corrected chi connectivity index (χ2v) is 4.29. The van der Waals surface area contributed by atoms with Gasteiger partial charge in [-0.15, -0.1) is 0 Å². The van der Waals surface area contributed by atoms with E-state index < -0.39 is 0 Å². The van der Waals surface area contributed by atoms with Crippen molar-refractivity contribution in [1.82, 2.24) is 4.98 Å². The third kappa shape index (κ3) is 1.20. The molecular weight excluding hydrogens is 226 g/mol. The van der Waals surface area contributed by atoms with Gasteiger partial charge in [-0.25, -0.2) is 0 Å². The minimum atomic E-state index is 1.09. The summed E-state index contributed by atoms with van der Waals surface area (Å²) < 4.78 is 1.09. The number of rotatable bonds is 0. The monoisotopic (exact) mass is 237 g/mol. The number of aromatic nitrogens is 1. The van der Waals surface area contributed by atoms with Crippen molar-refractivity contribution in [1.29, 1.82) is 0 Å². The lowest BCUT2D eigenvalue weighted by atomic mass is 10.1. The van der Waals surface area contributed by atoms with E-state index in [9.17, 15) is 0 Å². The van der Waals surface area contributed by atoms with Crippen LogP contribution in [0.15, 0.2) is 16.7 Å². The van der Waals surface area contributed by atoms with Gasteiger partial charge in [0.05, 0.1) is 4.60 Å². The van der Waals surface area contributed by atoms with Gasteiger partial charge < -0.3 is 4.98 Å². The number of benzene rings is 1. The van der Waals surface area contributed by atoms with Crippen LogP contribution in [0.25, 0.3) is 10.9 Å². The van der Waals surface area contributed by atoms with E-state index in [1.165, 1.54) is 27.6 Å². The third-order valence-electron chi connectivity index (χ3n) is 2.70. The Hall–Kier alpha value is -0.760. The first-order valence-corrected chi connectivity index (χ1v) is 5.14. The fourth-order valence-electron chi connectivity index (χ4n) is 1.61. The summed E-state index contributed by atoms with van der Waals surface area (Å²) in [5.41, 5.74) is 5.22. The van der Waals surface area contributed by atoms with Crippen LogP contribution in [0.1, 0.15) is 16.7 Å². The van der Waals surface area contributed by atoms with Crippen molar-refractivity contribution in [3.05, 3.63) is 33.4 Å². The Kier molecular flexibility index (Phi) is 1.95. The van der Waals surface area contributed by atoms with Crippen LogP contribution in [0, 0.1) is 20.8 Å². The van der Waals surface area contributed by atoms with E-state index in [1.807, 2.05) is 0 Å². The van der Waals surface area contributed by atoms with E-state index in [2.05, 4.69) is 53.8 Å². The van der Waals surface area contributed by atoms with Gasteiger partial charge in [0.25, 0.3) is 0 Å². The summed E-state index contributed by atoms with van der Waals surface area (Å²) in [5, 5.41) is 1.31.